The van der Waals surface area contributed by atoms with E-state index < -0.39 is 11.6 Å². The molecule has 3 nitrogen and oxygen atoms in total. The monoisotopic (exact) mass is 246 g/mol. The summed E-state index contributed by atoms with van der Waals surface area (Å²) in [5.41, 5.74) is 6.27. The molecule has 0 saturated heterocycles. The molecule has 1 atom stereocenters. The van der Waals surface area contributed by atoms with E-state index in [9.17, 15) is 4.39 Å². The number of phenolic OH excluding ortho intramolecular Hbond substituents is 1. The van der Waals surface area contributed by atoms with Gasteiger partial charge in [-0.25, -0.2) is 4.39 Å². The standard InChI is InChI=1S/C11H16ClFN2O/c1-15(2)8(6-14)5-7-3-4-9(16)11(13)10(7)12/h3-4,8,16H,5-6,14H2,1-2H3/t8-/m0/s1. The van der Waals surface area contributed by atoms with Gasteiger partial charge in [-0.2, -0.15) is 0 Å². The van der Waals surface area contributed by atoms with Gasteiger partial charge in [-0.05, 0) is 32.1 Å². The molecule has 0 heterocycles. The average Bonchev–Trinajstić information content (AvgIpc) is 2.25. The molecule has 0 radical (unpaired) electrons. The molecule has 0 bridgehead atoms. The Labute approximate surface area is 99.6 Å². The predicted octanol–water partition coefficient (Wildman–Crippen LogP) is 1.62. The number of aromatic hydroxyl groups is 1. The number of phenols is 1. The molecule has 0 amide bonds. The molecular formula is C11H16ClFN2O. The molecule has 0 aliphatic carbocycles. The van der Waals surface area contributed by atoms with Crippen LogP contribution in [0.15, 0.2) is 12.1 Å². The molecule has 0 aromatic heterocycles. The molecule has 90 valence electrons. The number of hydrogen-bond acceptors (Lipinski definition) is 3. The molecule has 0 spiro atoms. The normalized spacial score (nSPS) is 13.1. The molecule has 0 aliphatic heterocycles. The molecule has 0 fully saturated rings. The third-order valence-corrected chi connectivity index (χ3v) is 3.01. The second-order valence-corrected chi connectivity index (χ2v) is 4.31. The van der Waals surface area contributed by atoms with E-state index in [0.717, 1.165) is 0 Å². The van der Waals surface area contributed by atoms with Crippen LogP contribution in [0.2, 0.25) is 5.02 Å². The average molecular weight is 247 g/mol. The van der Waals surface area contributed by atoms with Gasteiger partial charge in [0, 0.05) is 12.6 Å². The van der Waals surface area contributed by atoms with Crippen molar-refractivity contribution in [1.82, 2.24) is 4.90 Å². The Morgan fingerprint density at radius 3 is 2.62 bits per heavy atom. The number of benzene rings is 1. The lowest BCUT2D eigenvalue weighted by Gasteiger charge is -2.23. The van der Waals surface area contributed by atoms with Crippen molar-refractivity contribution < 1.29 is 9.50 Å². The fourth-order valence-corrected chi connectivity index (χ4v) is 1.70. The highest BCUT2D eigenvalue weighted by Gasteiger charge is 2.16. The van der Waals surface area contributed by atoms with Crippen molar-refractivity contribution in [3.8, 4) is 5.75 Å². The third kappa shape index (κ3) is 2.84. The largest absolute Gasteiger partial charge is 0.505 e. The third-order valence-electron chi connectivity index (χ3n) is 2.60. The molecule has 0 saturated carbocycles. The Morgan fingerprint density at radius 1 is 1.50 bits per heavy atom. The number of rotatable bonds is 4. The zero-order valence-corrected chi connectivity index (χ0v) is 10.1. The lowest BCUT2D eigenvalue weighted by Crippen LogP contribution is -2.36. The maximum absolute atomic E-state index is 13.3. The summed E-state index contributed by atoms with van der Waals surface area (Å²) >= 11 is 5.81. The Balaban J connectivity index is 2.93. The van der Waals surface area contributed by atoms with Crippen LogP contribution in [0.1, 0.15) is 5.56 Å². The van der Waals surface area contributed by atoms with E-state index in [4.69, 9.17) is 22.4 Å². The smallest absolute Gasteiger partial charge is 0.183 e. The maximum Gasteiger partial charge on any atom is 0.183 e. The molecule has 5 heteroatoms. The zero-order chi connectivity index (χ0) is 12.3. The van der Waals surface area contributed by atoms with Gasteiger partial charge in [0.1, 0.15) is 0 Å². The van der Waals surface area contributed by atoms with Crippen molar-refractivity contribution in [2.75, 3.05) is 20.6 Å². The first-order chi connectivity index (χ1) is 7.47. The van der Waals surface area contributed by atoms with Gasteiger partial charge in [0.15, 0.2) is 11.6 Å². The van der Waals surface area contributed by atoms with Gasteiger partial charge < -0.3 is 15.7 Å². The predicted molar refractivity (Wildman–Crippen MR) is 63.3 cm³/mol. The van der Waals surface area contributed by atoms with E-state index in [1.807, 2.05) is 19.0 Å². The Hall–Kier alpha value is -0.840. The van der Waals surface area contributed by atoms with Crippen molar-refractivity contribution in [3.05, 3.63) is 28.5 Å². The summed E-state index contributed by atoms with van der Waals surface area (Å²) in [6.45, 7) is 0.464. The van der Waals surface area contributed by atoms with E-state index in [1.54, 1.807) is 6.07 Å². The topological polar surface area (TPSA) is 49.5 Å². The maximum atomic E-state index is 13.3. The van der Waals surface area contributed by atoms with Crippen LogP contribution in [0.3, 0.4) is 0 Å². The summed E-state index contributed by atoms with van der Waals surface area (Å²) in [5.74, 6) is -1.20. The first-order valence-corrected chi connectivity index (χ1v) is 5.37. The summed E-state index contributed by atoms with van der Waals surface area (Å²) in [4.78, 5) is 1.96. The van der Waals surface area contributed by atoms with E-state index in [-0.39, 0.29) is 11.1 Å². The fraction of sp³-hybridized carbons (Fsp3) is 0.455. The van der Waals surface area contributed by atoms with Gasteiger partial charge in [-0.15, -0.1) is 0 Å². The van der Waals surface area contributed by atoms with Crippen LogP contribution in [0.4, 0.5) is 4.39 Å². The molecular weight excluding hydrogens is 231 g/mol. The second-order valence-electron chi connectivity index (χ2n) is 3.93. The molecule has 3 N–H and O–H groups in total. The van der Waals surface area contributed by atoms with E-state index in [0.29, 0.717) is 18.5 Å². The minimum Gasteiger partial charge on any atom is -0.505 e. The van der Waals surface area contributed by atoms with Crippen molar-refractivity contribution in [3.63, 3.8) is 0 Å². The number of halogens is 2. The van der Waals surface area contributed by atoms with Crippen molar-refractivity contribution in [2.45, 2.75) is 12.5 Å². The highest BCUT2D eigenvalue weighted by Crippen LogP contribution is 2.28. The fourth-order valence-electron chi connectivity index (χ4n) is 1.47. The SMILES string of the molecule is CN(C)[C@H](CN)Cc1ccc(O)c(F)c1Cl. The summed E-state index contributed by atoms with van der Waals surface area (Å²) < 4.78 is 13.3. The van der Waals surface area contributed by atoms with Crippen LogP contribution in [0.5, 0.6) is 5.75 Å². The molecule has 1 aromatic carbocycles. The van der Waals surface area contributed by atoms with Gasteiger partial charge >= 0.3 is 0 Å². The zero-order valence-electron chi connectivity index (χ0n) is 9.37. The number of nitrogens with two attached hydrogens (primary N) is 1. The summed E-state index contributed by atoms with van der Waals surface area (Å²) in [6.07, 6.45) is 0.555. The number of likely N-dealkylation sites (N-methyl/N-ethyl adjacent to an activating group) is 1. The van der Waals surface area contributed by atoms with Crippen molar-refractivity contribution in [2.24, 2.45) is 5.73 Å². The van der Waals surface area contributed by atoms with Gasteiger partial charge in [-0.3, -0.25) is 0 Å². The van der Waals surface area contributed by atoms with Crippen LogP contribution in [-0.2, 0) is 6.42 Å². The van der Waals surface area contributed by atoms with Crippen molar-refractivity contribution in [1.29, 1.82) is 0 Å². The Kier molecular flexibility index (Phi) is 4.53. The number of nitrogens with zero attached hydrogens (tertiary/aromatic N) is 1. The van der Waals surface area contributed by atoms with Crippen LogP contribution >= 0.6 is 11.6 Å². The molecule has 1 rings (SSSR count). The van der Waals surface area contributed by atoms with Gasteiger partial charge in [0.2, 0.25) is 0 Å². The first kappa shape index (κ1) is 13.2. The highest BCUT2D eigenvalue weighted by molar-refractivity contribution is 6.31. The Morgan fingerprint density at radius 2 is 2.12 bits per heavy atom. The molecule has 1 aromatic rings. The van der Waals surface area contributed by atoms with Crippen molar-refractivity contribution >= 4 is 11.6 Å². The van der Waals surface area contributed by atoms with E-state index in [1.165, 1.54) is 6.07 Å². The molecule has 0 aliphatic rings. The number of hydrogen-bond donors (Lipinski definition) is 2. The quantitative estimate of drug-likeness (QED) is 0.849. The van der Waals surface area contributed by atoms with Gasteiger partial charge in [0.25, 0.3) is 0 Å². The van der Waals surface area contributed by atoms with Gasteiger partial charge in [-0.1, -0.05) is 17.7 Å². The summed E-state index contributed by atoms with van der Waals surface area (Å²) in [6, 6.07) is 3.02. The van der Waals surface area contributed by atoms with Crippen LogP contribution < -0.4 is 5.73 Å². The minimum atomic E-state index is -0.770. The summed E-state index contributed by atoms with van der Waals surface area (Å²) in [5, 5.41) is 9.10. The van der Waals surface area contributed by atoms with Crippen LogP contribution in [0, 0.1) is 5.82 Å². The van der Waals surface area contributed by atoms with Crippen LogP contribution in [-0.4, -0.2) is 36.7 Å². The molecule has 0 unspecified atom stereocenters. The minimum absolute atomic E-state index is 0.0275. The lowest BCUT2D eigenvalue weighted by molar-refractivity contribution is 0.297. The summed E-state index contributed by atoms with van der Waals surface area (Å²) in [7, 11) is 3.81. The van der Waals surface area contributed by atoms with Gasteiger partial charge in [0.05, 0.1) is 5.02 Å². The van der Waals surface area contributed by atoms with E-state index >= 15 is 0 Å². The Bertz CT molecular complexity index is 371. The lowest BCUT2D eigenvalue weighted by atomic mass is 10.0. The molecule has 16 heavy (non-hydrogen) atoms. The van der Waals surface area contributed by atoms with Crippen LogP contribution in [0.25, 0.3) is 0 Å². The van der Waals surface area contributed by atoms with E-state index in [2.05, 4.69) is 0 Å². The first-order valence-electron chi connectivity index (χ1n) is 4.99. The second kappa shape index (κ2) is 5.48. The highest BCUT2D eigenvalue weighted by atomic mass is 35.5.